The van der Waals surface area contributed by atoms with Gasteiger partial charge in [-0.1, -0.05) is 36.4 Å². The van der Waals surface area contributed by atoms with Crippen LogP contribution in [0, 0.1) is 5.92 Å². The highest BCUT2D eigenvalue weighted by atomic mass is 16.5. The van der Waals surface area contributed by atoms with Crippen molar-refractivity contribution in [2.45, 2.75) is 31.7 Å². The summed E-state index contributed by atoms with van der Waals surface area (Å²) in [5, 5.41) is 0. The fourth-order valence-electron chi connectivity index (χ4n) is 5.34. The molecule has 0 bridgehead atoms. The zero-order valence-electron chi connectivity index (χ0n) is 20.1. The molecule has 3 unspecified atom stereocenters. The number of methoxy groups -OCH3 is 2. The molecule has 0 aromatic heterocycles. The standard InChI is InChI=1S/C29H28N2O4/c1-18(32)31-26-10-5-4-9-24(26)30-25-16-21(19-11-13-22(34-2)14-12-19)17-27(33)28(25)29(31)20-7-6-8-23(15-20)35-3/h4-15,21,28-29H,16-17H2,1-3H3. The number of anilines is 1. The lowest BCUT2D eigenvalue weighted by Crippen LogP contribution is -2.45. The van der Waals surface area contributed by atoms with Crippen LogP contribution in [0.15, 0.2) is 77.8 Å². The summed E-state index contributed by atoms with van der Waals surface area (Å²) < 4.78 is 10.8. The predicted molar refractivity (Wildman–Crippen MR) is 136 cm³/mol. The number of aliphatic imine (C=N–C) groups is 1. The first kappa shape index (κ1) is 22.8. The third-order valence-electron chi connectivity index (χ3n) is 6.97. The Morgan fingerprint density at radius 3 is 2.34 bits per heavy atom. The van der Waals surface area contributed by atoms with E-state index < -0.39 is 12.0 Å². The summed E-state index contributed by atoms with van der Waals surface area (Å²) in [5.41, 5.74) is 4.16. The SMILES string of the molecule is COc1ccc(C2CC(=O)C3C(=Nc4ccccc4N(C(C)=O)C3c3cccc(OC)c3)C2)cc1. The summed E-state index contributed by atoms with van der Waals surface area (Å²) in [6.45, 7) is 1.54. The first-order valence-corrected chi connectivity index (χ1v) is 11.8. The summed E-state index contributed by atoms with van der Waals surface area (Å²) >= 11 is 0. The molecule has 6 heteroatoms. The second-order valence-corrected chi connectivity index (χ2v) is 9.02. The van der Waals surface area contributed by atoms with E-state index in [1.165, 1.54) is 0 Å². The number of rotatable bonds is 4. The summed E-state index contributed by atoms with van der Waals surface area (Å²) in [4.78, 5) is 33.7. The predicted octanol–water partition coefficient (Wildman–Crippen LogP) is 5.65. The van der Waals surface area contributed by atoms with Crippen molar-refractivity contribution in [2.24, 2.45) is 10.9 Å². The van der Waals surface area contributed by atoms with E-state index in [1.807, 2.05) is 72.8 Å². The minimum Gasteiger partial charge on any atom is -0.497 e. The Labute approximate surface area is 205 Å². The molecule has 1 saturated carbocycles. The van der Waals surface area contributed by atoms with Gasteiger partial charge in [-0.2, -0.15) is 0 Å². The highest BCUT2D eigenvalue weighted by Gasteiger charge is 2.45. The lowest BCUT2D eigenvalue weighted by atomic mass is 9.72. The summed E-state index contributed by atoms with van der Waals surface area (Å²) in [7, 11) is 3.25. The molecule has 0 saturated heterocycles. The molecule has 0 spiro atoms. The number of benzene rings is 3. The Morgan fingerprint density at radius 1 is 0.886 bits per heavy atom. The third-order valence-corrected chi connectivity index (χ3v) is 6.97. The van der Waals surface area contributed by atoms with Crippen LogP contribution >= 0.6 is 0 Å². The van der Waals surface area contributed by atoms with Crippen LogP contribution in [-0.4, -0.2) is 31.6 Å². The van der Waals surface area contributed by atoms with E-state index in [9.17, 15) is 9.59 Å². The Bertz CT molecular complexity index is 1300. The zero-order valence-corrected chi connectivity index (χ0v) is 20.1. The highest BCUT2D eigenvalue weighted by Crippen LogP contribution is 2.47. The van der Waals surface area contributed by atoms with E-state index in [-0.39, 0.29) is 17.6 Å². The van der Waals surface area contributed by atoms with Gasteiger partial charge in [-0.3, -0.25) is 14.6 Å². The summed E-state index contributed by atoms with van der Waals surface area (Å²) in [5.74, 6) is 0.902. The van der Waals surface area contributed by atoms with Crippen molar-refractivity contribution in [1.29, 1.82) is 0 Å². The summed E-state index contributed by atoms with van der Waals surface area (Å²) in [6.07, 6.45) is 1.03. The van der Waals surface area contributed by atoms with Crippen LogP contribution in [0.1, 0.15) is 42.9 Å². The molecule has 1 aliphatic carbocycles. The zero-order chi connectivity index (χ0) is 24.5. The van der Waals surface area contributed by atoms with Gasteiger partial charge in [-0.05, 0) is 59.9 Å². The molecular weight excluding hydrogens is 440 g/mol. The van der Waals surface area contributed by atoms with E-state index in [0.717, 1.165) is 22.6 Å². The van der Waals surface area contributed by atoms with Gasteiger partial charge in [0.05, 0.1) is 37.6 Å². The molecule has 0 radical (unpaired) electrons. The van der Waals surface area contributed by atoms with Crippen molar-refractivity contribution < 1.29 is 19.1 Å². The number of Topliss-reactive ketones (excluding diaryl/α,β-unsaturated/α-hetero) is 1. The van der Waals surface area contributed by atoms with Crippen LogP contribution in [-0.2, 0) is 9.59 Å². The quantitative estimate of drug-likeness (QED) is 0.496. The number of carbonyl (C=O) groups is 2. The van der Waals surface area contributed by atoms with Crippen LogP contribution in [0.5, 0.6) is 11.5 Å². The number of amides is 1. The topological polar surface area (TPSA) is 68.2 Å². The Hall–Kier alpha value is -3.93. The first-order chi connectivity index (χ1) is 17.0. The van der Waals surface area contributed by atoms with Crippen molar-refractivity contribution >= 4 is 28.8 Å². The van der Waals surface area contributed by atoms with Crippen molar-refractivity contribution in [3.8, 4) is 11.5 Å². The molecule has 3 aromatic carbocycles. The normalized spacial score (nSPS) is 21.3. The van der Waals surface area contributed by atoms with E-state index in [1.54, 1.807) is 26.0 Å². The fourth-order valence-corrected chi connectivity index (χ4v) is 5.34. The van der Waals surface area contributed by atoms with Crippen LogP contribution < -0.4 is 14.4 Å². The molecule has 1 aliphatic heterocycles. The van der Waals surface area contributed by atoms with Crippen LogP contribution in [0.3, 0.4) is 0 Å². The van der Waals surface area contributed by atoms with Crippen molar-refractivity contribution in [1.82, 2.24) is 0 Å². The maximum absolute atomic E-state index is 13.9. The van der Waals surface area contributed by atoms with Crippen LogP contribution in [0.2, 0.25) is 0 Å². The van der Waals surface area contributed by atoms with Gasteiger partial charge in [0.1, 0.15) is 17.3 Å². The number of nitrogens with zero attached hydrogens (tertiary/aromatic N) is 2. The molecule has 1 amide bonds. The van der Waals surface area contributed by atoms with E-state index >= 15 is 0 Å². The Morgan fingerprint density at radius 2 is 1.63 bits per heavy atom. The van der Waals surface area contributed by atoms with Gasteiger partial charge >= 0.3 is 0 Å². The van der Waals surface area contributed by atoms with Gasteiger partial charge in [0.15, 0.2) is 0 Å². The molecular formula is C29H28N2O4. The van der Waals surface area contributed by atoms with Crippen molar-refractivity contribution in [2.75, 3.05) is 19.1 Å². The van der Waals surface area contributed by atoms with Crippen LogP contribution in [0.4, 0.5) is 11.4 Å². The second-order valence-electron chi connectivity index (χ2n) is 9.02. The fraction of sp³-hybridized carbons (Fsp3) is 0.276. The van der Waals surface area contributed by atoms with Gasteiger partial charge in [0.25, 0.3) is 0 Å². The maximum Gasteiger partial charge on any atom is 0.224 e. The minimum absolute atomic E-state index is 0.0189. The number of hydrogen-bond donors (Lipinski definition) is 0. The number of hydrogen-bond acceptors (Lipinski definition) is 5. The molecule has 35 heavy (non-hydrogen) atoms. The number of fused-ring (bicyclic) bond motifs is 2. The molecule has 2 aliphatic rings. The molecule has 0 N–H and O–H groups in total. The monoisotopic (exact) mass is 468 g/mol. The third kappa shape index (κ3) is 4.20. The van der Waals surface area contributed by atoms with Gasteiger partial charge in [-0.25, -0.2) is 0 Å². The lowest BCUT2D eigenvalue weighted by molar-refractivity contribution is -0.123. The molecule has 3 atom stereocenters. The van der Waals surface area contributed by atoms with E-state index in [2.05, 4.69) is 0 Å². The van der Waals surface area contributed by atoms with Crippen molar-refractivity contribution in [3.63, 3.8) is 0 Å². The molecule has 178 valence electrons. The number of carbonyl (C=O) groups excluding carboxylic acids is 2. The largest absolute Gasteiger partial charge is 0.497 e. The minimum atomic E-state index is -0.534. The Kier molecular flexibility index (Phi) is 6.12. The molecule has 3 aromatic rings. The highest BCUT2D eigenvalue weighted by molar-refractivity contribution is 6.13. The van der Waals surface area contributed by atoms with Crippen LogP contribution in [0.25, 0.3) is 0 Å². The van der Waals surface area contributed by atoms with Gasteiger partial charge < -0.3 is 14.4 Å². The Balaban J connectivity index is 1.65. The van der Waals surface area contributed by atoms with Crippen molar-refractivity contribution in [3.05, 3.63) is 83.9 Å². The van der Waals surface area contributed by atoms with Gasteiger partial charge in [0.2, 0.25) is 5.91 Å². The van der Waals surface area contributed by atoms with Gasteiger partial charge in [0, 0.05) is 19.1 Å². The molecule has 5 rings (SSSR count). The van der Waals surface area contributed by atoms with E-state index in [4.69, 9.17) is 14.5 Å². The number of ether oxygens (including phenoxy) is 2. The van der Waals surface area contributed by atoms with Gasteiger partial charge in [-0.15, -0.1) is 0 Å². The average Bonchev–Trinajstić information content (AvgIpc) is 3.03. The first-order valence-electron chi connectivity index (χ1n) is 11.8. The second kappa shape index (κ2) is 9.37. The average molecular weight is 469 g/mol. The summed E-state index contributed by atoms with van der Waals surface area (Å²) in [6, 6.07) is 22.6. The smallest absolute Gasteiger partial charge is 0.224 e. The van der Waals surface area contributed by atoms with E-state index in [0.29, 0.717) is 30.0 Å². The number of ketones is 1. The molecule has 1 fully saturated rings. The lowest BCUT2D eigenvalue weighted by Gasteiger charge is -2.38. The maximum atomic E-state index is 13.9. The molecule has 1 heterocycles. The number of para-hydroxylation sites is 2. The molecule has 6 nitrogen and oxygen atoms in total.